The van der Waals surface area contributed by atoms with Gasteiger partial charge in [-0.2, -0.15) is 0 Å². The molecule has 0 aliphatic carbocycles. The van der Waals surface area contributed by atoms with E-state index in [2.05, 4.69) is 62.3 Å². The molecule has 6 unspecified atom stereocenters. The van der Waals surface area contributed by atoms with Crippen molar-refractivity contribution in [2.45, 2.75) is 137 Å². The summed E-state index contributed by atoms with van der Waals surface area (Å²) >= 11 is 0. The highest BCUT2D eigenvalue weighted by Gasteiger charge is 2.52. The van der Waals surface area contributed by atoms with E-state index in [1.54, 1.807) is 0 Å². The lowest BCUT2D eigenvalue weighted by Gasteiger charge is -2.49. The highest BCUT2D eigenvalue weighted by atomic mass is 16.7. The summed E-state index contributed by atoms with van der Waals surface area (Å²) in [6, 6.07) is 0. The van der Waals surface area contributed by atoms with Crippen LogP contribution in [0.25, 0.3) is 0 Å². The van der Waals surface area contributed by atoms with Gasteiger partial charge in [0.15, 0.2) is 18.9 Å². The van der Waals surface area contributed by atoms with Gasteiger partial charge in [-0.1, -0.05) is 62.3 Å². The van der Waals surface area contributed by atoms with Crippen LogP contribution in [0.15, 0.2) is 0 Å². The van der Waals surface area contributed by atoms with E-state index in [0.717, 1.165) is 19.3 Å². The Morgan fingerprint density at radius 2 is 0.606 bits per heavy atom. The molecule has 0 N–H and O–H groups in total. The van der Waals surface area contributed by atoms with Crippen molar-refractivity contribution in [3.8, 4) is 0 Å². The molecule has 9 fully saturated rings. The van der Waals surface area contributed by atoms with Gasteiger partial charge in [0.05, 0.1) is 36.6 Å². The van der Waals surface area contributed by atoms with Crippen LogP contribution in [0.3, 0.4) is 0 Å². The maximum Gasteiger partial charge on any atom is 0.161 e. The Kier molecular flexibility index (Phi) is 8.14. The average Bonchev–Trinajstić information content (AvgIpc) is 2.82. The molecule has 0 aromatic rings. The van der Waals surface area contributed by atoms with Crippen LogP contribution in [0.5, 0.6) is 0 Å². The molecule has 15 atom stereocenters. The van der Waals surface area contributed by atoms with Crippen LogP contribution in [0.1, 0.15) is 81.6 Å². The fraction of sp³-hybridized carbons (Fsp3) is 1.00. The molecule has 0 amide bonds. The molecular weight excluding hydrogens is 420 g/mol. The maximum atomic E-state index is 6.77. The van der Waals surface area contributed by atoms with E-state index in [0.29, 0.717) is 17.8 Å². The van der Waals surface area contributed by atoms with Gasteiger partial charge in [0.1, 0.15) is 0 Å². The van der Waals surface area contributed by atoms with E-state index < -0.39 is 0 Å². The summed E-state index contributed by atoms with van der Waals surface area (Å²) in [6.07, 6.45) is 1.76. The van der Waals surface area contributed by atoms with E-state index in [1.165, 1.54) is 0 Å². The van der Waals surface area contributed by atoms with Gasteiger partial charge in [0, 0.05) is 17.8 Å². The fourth-order valence-corrected chi connectivity index (χ4v) is 6.33. The van der Waals surface area contributed by atoms with Crippen LogP contribution in [-0.4, -0.2) is 55.5 Å². The first kappa shape index (κ1) is 25.8. The van der Waals surface area contributed by atoms with Crippen LogP contribution < -0.4 is 0 Å². The quantitative estimate of drug-likeness (QED) is 0.554. The third-order valence-electron chi connectivity index (χ3n) is 9.44. The first-order valence-electron chi connectivity index (χ1n) is 13.6. The maximum absolute atomic E-state index is 6.77. The van der Waals surface area contributed by atoms with Crippen molar-refractivity contribution in [1.82, 2.24) is 0 Å². The molecule has 9 heterocycles. The molecule has 9 rings (SSSR count). The van der Waals surface area contributed by atoms with Crippen molar-refractivity contribution >= 4 is 0 Å². The molecular formula is C27H48O6. The summed E-state index contributed by atoms with van der Waals surface area (Å²) in [4.78, 5) is 0. The van der Waals surface area contributed by atoms with Crippen molar-refractivity contribution < 1.29 is 28.4 Å². The normalized spacial score (nSPS) is 55.4. The molecule has 9 saturated heterocycles. The van der Waals surface area contributed by atoms with Gasteiger partial charge in [0.25, 0.3) is 0 Å². The SMILES string of the molecule is CCC1O[C@H]2O[C@H]3C(CC)O[C@@H](O[C@H]4C(CC)O[C@@H](O[C@@H]1[C@H](C)C2C)C(C)[C@H]4C)C(C)[C@H]3C. The predicted octanol–water partition coefficient (Wildman–Crippen LogP) is 5.38. The average molecular weight is 469 g/mol. The Morgan fingerprint density at radius 1 is 0.364 bits per heavy atom. The first-order chi connectivity index (χ1) is 15.7. The summed E-state index contributed by atoms with van der Waals surface area (Å²) < 4.78 is 40.1. The largest absolute Gasteiger partial charge is 0.346 e. The van der Waals surface area contributed by atoms with Crippen LogP contribution in [-0.2, 0) is 28.4 Å². The predicted molar refractivity (Wildman–Crippen MR) is 126 cm³/mol. The Labute approximate surface area is 201 Å². The molecule has 9 aliphatic rings. The standard InChI is InChI=1S/C27H48O6/c1-10-19-22-13(4)16(7)25(28-19)32-23-15(6)18(9)27(30-20(23)11-2)33-24-14(5)17(8)26(31-22)29-21(24)12-3/h13-27H,10-12H2,1-9H3/t13-,14-,15-,16?,17?,18?,19?,20?,21?,22-,23-,24-,25+,26+,27+/m1/s1. The molecule has 0 radical (unpaired) electrons. The van der Waals surface area contributed by atoms with Gasteiger partial charge < -0.3 is 28.4 Å². The molecule has 0 aromatic carbocycles. The van der Waals surface area contributed by atoms with Gasteiger partial charge >= 0.3 is 0 Å². The van der Waals surface area contributed by atoms with Crippen molar-refractivity contribution in [2.75, 3.05) is 0 Å². The molecule has 6 nitrogen and oxygen atoms in total. The lowest BCUT2D eigenvalue weighted by molar-refractivity contribution is -0.333. The van der Waals surface area contributed by atoms with Crippen LogP contribution >= 0.6 is 0 Å². The summed E-state index contributed by atoms with van der Waals surface area (Å²) in [5, 5.41) is 0. The van der Waals surface area contributed by atoms with E-state index in [9.17, 15) is 0 Å². The monoisotopic (exact) mass is 468 g/mol. The van der Waals surface area contributed by atoms with E-state index in [-0.39, 0.29) is 73.2 Å². The van der Waals surface area contributed by atoms with E-state index in [4.69, 9.17) is 28.4 Å². The smallest absolute Gasteiger partial charge is 0.161 e. The minimum Gasteiger partial charge on any atom is -0.346 e. The number of hydrogen-bond donors (Lipinski definition) is 0. The first-order valence-corrected chi connectivity index (χ1v) is 13.6. The Morgan fingerprint density at radius 3 is 0.818 bits per heavy atom. The van der Waals surface area contributed by atoms with Gasteiger partial charge in [-0.25, -0.2) is 0 Å². The van der Waals surface area contributed by atoms with Crippen LogP contribution in [0, 0.1) is 35.5 Å². The highest BCUT2D eigenvalue weighted by Crippen LogP contribution is 2.44. The zero-order valence-corrected chi connectivity index (χ0v) is 22.2. The van der Waals surface area contributed by atoms with Crippen molar-refractivity contribution in [3.05, 3.63) is 0 Å². The summed E-state index contributed by atoms with van der Waals surface area (Å²) in [7, 11) is 0. The third kappa shape index (κ3) is 4.65. The zero-order valence-electron chi connectivity index (χ0n) is 22.2. The molecule has 6 heteroatoms. The zero-order chi connectivity index (χ0) is 24.0. The van der Waals surface area contributed by atoms with Crippen LogP contribution in [0.4, 0.5) is 0 Å². The second-order valence-corrected chi connectivity index (χ2v) is 11.3. The molecule has 192 valence electrons. The molecule has 33 heavy (non-hydrogen) atoms. The molecule has 0 aromatic heterocycles. The molecule has 0 spiro atoms. The second-order valence-electron chi connectivity index (χ2n) is 11.3. The minimum absolute atomic E-state index is 0.0171. The van der Waals surface area contributed by atoms with Crippen molar-refractivity contribution in [3.63, 3.8) is 0 Å². The summed E-state index contributed by atoms with van der Waals surface area (Å²) in [6.45, 7) is 20.1. The van der Waals surface area contributed by atoms with Gasteiger partial charge in [-0.05, 0) is 37.0 Å². The topological polar surface area (TPSA) is 55.4 Å². The number of rotatable bonds is 3. The lowest BCUT2D eigenvalue weighted by atomic mass is 9.82. The summed E-state index contributed by atoms with van der Waals surface area (Å²) in [5.74, 6) is 1.52. The van der Waals surface area contributed by atoms with Gasteiger partial charge in [-0.3, -0.25) is 0 Å². The molecule has 0 saturated carbocycles. The lowest BCUT2D eigenvalue weighted by Crippen LogP contribution is -2.56. The molecule has 9 aliphatic heterocycles. The highest BCUT2D eigenvalue weighted by molar-refractivity contribution is 4.94. The van der Waals surface area contributed by atoms with Crippen LogP contribution in [0.2, 0.25) is 0 Å². The second kappa shape index (κ2) is 10.4. The molecule has 6 bridgehead atoms. The Bertz CT molecular complexity index is 553. The van der Waals surface area contributed by atoms with E-state index >= 15 is 0 Å². The number of ether oxygens (including phenoxy) is 6. The third-order valence-corrected chi connectivity index (χ3v) is 9.44. The summed E-state index contributed by atoms with van der Waals surface area (Å²) in [5.41, 5.74) is 0. The minimum atomic E-state index is -0.262. The van der Waals surface area contributed by atoms with Gasteiger partial charge in [-0.15, -0.1) is 0 Å². The van der Waals surface area contributed by atoms with E-state index in [1.807, 2.05) is 0 Å². The number of hydrogen-bond acceptors (Lipinski definition) is 6. The Hall–Kier alpha value is -0.240. The van der Waals surface area contributed by atoms with Crippen molar-refractivity contribution in [1.29, 1.82) is 0 Å². The fourth-order valence-electron chi connectivity index (χ4n) is 6.33. The van der Waals surface area contributed by atoms with Gasteiger partial charge in [0.2, 0.25) is 0 Å². The Balaban J connectivity index is 1.75. The van der Waals surface area contributed by atoms with Crippen molar-refractivity contribution in [2.24, 2.45) is 35.5 Å².